The zero-order valence-electron chi connectivity index (χ0n) is 14.0. The number of para-hydroxylation sites is 1. The molecule has 0 saturated carbocycles. The first-order valence-corrected chi connectivity index (χ1v) is 8.07. The summed E-state index contributed by atoms with van der Waals surface area (Å²) in [5.74, 6) is 0.265. The maximum absolute atomic E-state index is 12.3. The molecule has 0 bridgehead atoms. The van der Waals surface area contributed by atoms with E-state index in [9.17, 15) is 9.90 Å². The zero-order chi connectivity index (χ0) is 18.1. The average molecular weight is 351 g/mol. The van der Waals surface area contributed by atoms with Crippen LogP contribution in [-0.2, 0) is 7.05 Å². The first kappa shape index (κ1) is 16.0. The van der Waals surface area contributed by atoms with E-state index < -0.39 is 6.10 Å². The van der Waals surface area contributed by atoms with Crippen molar-refractivity contribution in [2.45, 2.75) is 6.10 Å². The summed E-state index contributed by atoms with van der Waals surface area (Å²) in [6.45, 7) is 0.174. The Labute approximate surface area is 147 Å². The number of aliphatic hydroxyl groups excluding tert-OH is 1. The molecule has 0 aliphatic rings. The van der Waals surface area contributed by atoms with Crippen molar-refractivity contribution in [3.63, 3.8) is 0 Å². The maximum atomic E-state index is 12.3. The van der Waals surface area contributed by atoms with Gasteiger partial charge in [0.15, 0.2) is 5.65 Å². The summed E-state index contributed by atoms with van der Waals surface area (Å²) in [5, 5.41) is 21.9. The second-order valence-corrected chi connectivity index (χ2v) is 5.82. The van der Waals surface area contributed by atoms with Gasteiger partial charge in [-0.2, -0.15) is 15.2 Å². The van der Waals surface area contributed by atoms with Crippen molar-refractivity contribution in [2.24, 2.45) is 7.05 Å². The van der Waals surface area contributed by atoms with Gasteiger partial charge in [0.25, 0.3) is 5.56 Å². The van der Waals surface area contributed by atoms with Crippen LogP contribution < -0.4 is 10.9 Å². The minimum Gasteiger partial charge on any atom is -0.385 e. The number of rotatable bonds is 5. The van der Waals surface area contributed by atoms with Crippen LogP contribution in [0.2, 0.25) is 0 Å². The number of aliphatic hydroxyl groups is 1. The van der Waals surface area contributed by atoms with Crippen LogP contribution in [0.3, 0.4) is 0 Å². The van der Waals surface area contributed by atoms with Crippen LogP contribution in [0, 0.1) is 0 Å². The van der Waals surface area contributed by atoms with Crippen molar-refractivity contribution >= 4 is 17.0 Å². The predicted octanol–water partition coefficient (Wildman–Crippen LogP) is 0.988. The van der Waals surface area contributed by atoms with Crippen LogP contribution in [0.5, 0.6) is 0 Å². The Morgan fingerprint density at radius 2 is 2.04 bits per heavy atom. The Morgan fingerprint density at radius 3 is 2.77 bits per heavy atom. The summed E-state index contributed by atoms with van der Waals surface area (Å²) < 4.78 is 3.20. The normalized spacial score (nSPS) is 12.4. The molecule has 1 atom stereocenters. The summed E-state index contributed by atoms with van der Waals surface area (Å²) in [5.41, 5.74) is 1.61. The Bertz CT molecular complexity index is 1100. The lowest BCUT2D eigenvalue weighted by atomic mass is 10.2. The number of aryl methyl sites for hydroxylation is 1. The van der Waals surface area contributed by atoms with Gasteiger partial charge in [0.05, 0.1) is 17.6 Å². The molecule has 3 heterocycles. The van der Waals surface area contributed by atoms with Crippen molar-refractivity contribution in [3.8, 4) is 5.69 Å². The quantitative estimate of drug-likeness (QED) is 0.494. The summed E-state index contributed by atoms with van der Waals surface area (Å²) in [6.07, 6.45) is 2.31. The molecule has 3 N–H and O–H groups in total. The van der Waals surface area contributed by atoms with Crippen molar-refractivity contribution in [1.29, 1.82) is 0 Å². The minimum atomic E-state index is -0.789. The lowest BCUT2D eigenvalue weighted by molar-refractivity contribution is 0.181. The number of nitrogens with zero attached hydrogens (tertiary/aromatic N) is 5. The number of hydrogen-bond donors (Lipinski definition) is 3. The molecule has 9 heteroatoms. The molecular formula is C17H17N7O2. The number of nitrogens with one attached hydrogen (secondary N) is 2. The standard InChI is InChI=1S/C17H17N7O2/c1-23-13(7-8-19-23)14(25)10-18-17-21-15-12(16(26)22-17)9-20-24(15)11-5-3-2-4-6-11/h2-9,14,25H,10H2,1H3,(H2,18,21,22,26). The molecular weight excluding hydrogens is 334 g/mol. The number of benzene rings is 1. The van der Waals surface area contributed by atoms with E-state index >= 15 is 0 Å². The lowest BCUT2D eigenvalue weighted by Gasteiger charge is -2.12. The van der Waals surface area contributed by atoms with Crippen molar-refractivity contribution in [3.05, 3.63) is 64.8 Å². The van der Waals surface area contributed by atoms with Gasteiger partial charge >= 0.3 is 0 Å². The van der Waals surface area contributed by atoms with Crippen LogP contribution >= 0.6 is 0 Å². The molecule has 0 amide bonds. The SMILES string of the molecule is Cn1nccc1C(O)CNc1nc2c(cnn2-c2ccccc2)c(=O)[nH]1. The first-order valence-electron chi connectivity index (χ1n) is 8.07. The number of aromatic amines is 1. The number of fused-ring (bicyclic) bond motifs is 1. The number of H-pyrrole nitrogens is 1. The van der Waals surface area contributed by atoms with E-state index in [-0.39, 0.29) is 18.1 Å². The first-order chi connectivity index (χ1) is 12.6. The van der Waals surface area contributed by atoms with Gasteiger partial charge in [-0.15, -0.1) is 0 Å². The highest BCUT2D eigenvalue weighted by Gasteiger charge is 2.14. The molecule has 26 heavy (non-hydrogen) atoms. The molecule has 0 aliphatic heterocycles. The van der Waals surface area contributed by atoms with Gasteiger partial charge < -0.3 is 10.4 Å². The maximum Gasteiger partial charge on any atom is 0.263 e. The third-order valence-corrected chi connectivity index (χ3v) is 4.10. The van der Waals surface area contributed by atoms with Gasteiger partial charge in [-0.05, 0) is 18.2 Å². The van der Waals surface area contributed by atoms with Crippen LogP contribution in [0.1, 0.15) is 11.8 Å². The Balaban J connectivity index is 1.64. The second kappa shape index (κ2) is 6.45. The summed E-state index contributed by atoms with van der Waals surface area (Å²) >= 11 is 0. The average Bonchev–Trinajstić information content (AvgIpc) is 3.27. The topological polar surface area (TPSA) is 114 Å². The van der Waals surface area contributed by atoms with E-state index in [1.165, 1.54) is 6.20 Å². The van der Waals surface area contributed by atoms with Gasteiger partial charge in [0.2, 0.25) is 5.95 Å². The van der Waals surface area contributed by atoms with Crippen LogP contribution in [0.25, 0.3) is 16.7 Å². The highest BCUT2D eigenvalue weighted by molar-refractivity contribution is 5.76. The van der Waals surface area contributed by atoms with E-state index in [4.69, 9.17) is 0 Å². The minimum absolute atomic E-state index is 0.174. The van der Waals surface area contributed by atoms with E-state index in [2.05, 4.69) is 25.5 Å². The third-order valence-electron chi connectivity index (χ3n) is 4.10. The molecule has 3 aromatic heterocycles. The monoisotopic (exact) mass is 351 g/mol. The van der Waals surface area contributed by atoms with Gasteiger partial charge in [-0.3, -0.25) is 14.5 Å². The molecule has 0 saturated heterocycles. The molecule has 4 rings (SSSR count). The lowest BCUT2D eigenvalue weighted by Crippen LogP contribution is -2.19. The van der Waals surface area contributed by atoms with E-state index in [0.29, 0.717) is 16.7 Å². The van der Waals surface area contributed by atoms with Gasteiger partial charge in [0.1, 0.15) is 11.5 Å². The van der Waals surface area contributed by atoms with Gasteiger partial charge in [0, 0.05) is 19.8 Å². The largest absolute Gasteiger partial charge is 0.385 e. The van der Waals surface area contributed by atoms with Crippen molar-refractivity contribution in [2.75, 3.05) is 11.9 Å². The predicted molar refractivity (Wildman–Crippen MR) is 96.1 cm³/mol. The van der Waals surface area contributed by atoms with Gasteiger partial charge in [-0.25, -0.2) is 4.68 Å². The molecule has 1 unspecified atom stereocenters. The Morgan fingerprint density at radius 1 is 1.23 bits per heavy atom. The molecule has 0 aliphatic carbocycles. The van der Waals surface area contributed by atoms with Crippen LogP contribution in [0.4, 0.5) is 5.95 Å². The second-order valence-electron chi connectivity index (χ2n) is 5.82. The smallest absolute Gasteiger partial charge is 0.263 e. The molecule has 9 nitrogen and oxygen atoms in total. The molecule has 132 valence electrons. The molecule has 0 radical (unpaired) electrons. The third kappa shape index (κ3) is 2.84. The van der Waals surface area contributed by atoms with Gasteiger partial charge in [-0.1, -0.05) is 18.2 Å². The fourth-order valence-electron chi connectivity index (χ4n) is 2.77. The molecule has 0 fully saturated rings. The highest BCUT2D eigenvalue weighted by atomic mass is 16.3. The summed E-state index contributed by atoms with van der Waals surface area (Å²) in [7, 11) is 1.75. The number of hydrogen-bond acceptors (Lipinski definition) is 6. The Hall–Kier alpha value is -3.46. The van der Waals surface area contributed by atoms with Crippen LogP contribution in [0.15, 0.2) is 53.6 Å². The molecule has 4 aromatic rings. The molecule has 0 spiro atoms. The Kier molecular flexibility index (Phi) is 3.98. The van der Waals surface area contributed by atoms with Crippen LogP contribution in [-0.4, -0.2) is 41.2 Å². The van der Waals surface area contributed by atoms with Crippen molar-refractivity contribution in [1.82, 2.24) is 29.5 Å². The number of aromatic nitrogens is 6. The fraction of sp³-hybridized carbons (Fsp3) is 0.176. The molecule has 1 aromatic carbocycles. The van der Waals surface area contributed by atoms with Crippen molar-refractivity contribution < 1.29 is 5.11 Å². The highest BCUT2D eigenvalue weighted by Crippen LogP contribution is 2.15. The summed E-state index contributed by atoms with van der Waals surface area (Å²) in [4.78, 5) is 19.4. The van der Waals surface area contributed by atoms with E-state index in [0.717, 1.165) is 5.69 Å². The fourth-order valence-corrected chi connectivity index (χ4v) is 2.77. The zero-order valence-corrected chi connectivity index (χ0v) is 14.0. The van der Waals surface area contributed by atoms with E-state index in [1.807, 2.05) is 30.3 Å². The number of anilines is 1. The van der Waals surface area contributed by atoms with E-state index in [1.54, 1.807) is 28.7 Å². The summed E-state index contributed by atoms with van der Waals surface area (Å²) in [6, 6.07) is 11.2.